The maximum absolute atomic E-state index is 12.6. The summed E-state index contributed by atoms with van der Waals surface area (Å²) in [7, 11) is 4.22. The van der Waals surface area contributed by atoms with Gasteiger partial charge in [-0.15, -0.1) is 0 Å². The molecular formula is C95H166BrF3N4O23. The van der Waals surface area contributed by atoms with Gasteiger partial charge in [0.1, 0.15) is 22.7 Å². The number of ketones is 1. The van der Waals surface area contributed by atoms with Crippen molar-refractivity contribution in [2.24, 2.45) is 53.1 Å². The minimum Gasteiger partial charge on any atom is -0.475 e. The Kier molecular flexibility index (Phi) is 55.8. The zero-order valence-electron chi connectivity index (χ0n) is 78.8. The number of allylic oxidation sites excluding steroid dienone is 6. The van der Waals surface area contributed by atoms with Gasteiger partial charge in [0.15, 0.2) is 17.9 Å². The number of piperidine rings is 1. The fourth-order valence-electron chi connectivity index (χ4n) is 19.0. The fraction of sp³-hybridized carbons (Fsp3) is 0.863. The minimum atomic E-state index is -5.08. The molecule has 0 radical (unpaired) electrons. The van der Waals surface area contributed by atoms with Crippen molar-refractivity contribution in [3.63, 3.8) is 0 Å². The first-order chi connectivity index (χ1) is 59.7. The lowest BCUT2D eigenvalue weighted by atomic mass is 9.80. The molecule has 18 atom stereocenters. The number of ether oxygens (including phenoxy) is 10. The highest BCUT2D eigenvalue weighted by Crippen LogP contribution is 2.49. The number of methoxy groups -OCH3 is 3. The Morgan fingerprint density at radius 2 is 0.889 bits per heavy atom. The topological polar surface area (TPSA) is 395 Å². The number of hydrogen-bond acceptors (Lipinski definition) is 24. The fourth-order valence-corrected chi connectivity index (χ4v) is 19.0. The monoisotopic (exact) mass is 1870 g/mol. The van der Waals surface area contributed by atoms with E-state index in [1.165, 1.54) is 34.2 Å². The van der Waals surface area contributed by atoms with Gasteiger partial charge in [0.2, 0.25) is 0 Å². The number of nitrogens with one attached hydrogen (secondary N) is 3. The molecule has 8 aliphatic rings. The van der Waals surface area contributed by atoms with Crippen molar-refractivity contribution in [2.75, 3.05) is 53.6 Å². The molecule has 0 bridgehead atoms. The van der Waals surface area contributed by atoms with Crippen LogP contribution in [-0.4, -0.2) is 216 Å². The molecule has 2 amide bonds. The Morgan fingerprint density at radius 1 is 0.484 bits per heavy atom. The number of amides is 2. The number of Topliss-reactive ketones (excluding diaryl/α,β-unsaturated/α-hetero) is 1. The summed E-state index contributed by atoms with van der Waals surface area (Å²) in [5.41, 5.74) is 4.36. The van der Waals surface area contributed by atoms with E-state index < -0.39 is 59.1 Å². The third-order valence-corrected chi connectivity index (χ3v) is 25.4. The molecule has 6 unspecified atom stereocenters. The van der Waals surface area contributed by atoms with Crippen LogP contribution in [0.4, 0.5) is 22.8 Å². The van der Waals surface area contributed by atoms with E-state index in [4.69, 9.17) is 48.8 Å². The standard InChI is InChI=1S/C28H49NO7.C22H39NO6.2C21H37NO4.C2HF3O2.CH3Br/c1-6-7-12-16-28(34-18-19-35-28)17-15-21-22(13-10-8-9-11-14-25(31)33-5)24(30)20-23(21)29-26(32)36-27(2,3)4;1-5-6-7-9-22(26-11-12-27-22)10-8-15-16-13-19(24)28-18(16)14-17(15)23-20(25)29-21(2,3)4;1-3-4-9-13-21(25)14-12-16-17(19(23)15-18(16)22-21)10-7-5-6-8-11-20(24)26-2;1-3-4-7-10-16(23)13-14-17-18(20(24)15-19(17)22)11-8-5-6-9-12-21(25)26-2;3-2(4,5)1(6)7;1-2/h8,10,21-24,30H,6-7,9,11-20H2,1-5H3,(H,29,32);15-19,24H,5-14H2,1-4H3,(H,23,25);5,7,16-19,22-23,25H,3-4,6,8-15H2,1-2H3;5,8,17-20,24H,3-4,6-7,9-15,22H2,1-2H3;(H,6,7);1H3/b10-8-;;7-5-;8-5-;;/t21-,22-,23-,24?;15-,16-,17-,18?,19?;16-,17-,18-,19?,21?;17-,18-,19-,20?;;/m1111../s1. The molecule has 4 saturated heterocycles. The summed E-state index contributed by atoms with van der Waals surface area (Å²) < 4.78 is 86.6. The second-order valence-electron chi connectivity index (χ2n) is 37.3. The number of aliphatic hydroxyl groups is 5. The number of nitrogens with two attached hydrogens (primary N) is 1. The minimum absolute atomic E-state index is 0.0101. The van der Waals surface area contributed by atoms with Gasteiger partial charge in [0.25, 0.3) is 0 Å². The molecule has 0 aromatic carbocycles. The second kappa shape index (κ2) is 61.0. The van der Waals surface area contributed by atoms with E-state index in [0.717, 1.165) is 186 Å². The lowest BCUT2D eigenvalue weighted by Crippen LogP contribution is -2.56. The van der Waals surface area contributed by atoms with Crippen LogP contribution in [0.1, 0.15) is 332 Å². The molecule has 4 saturated carbocycles. The Hall–Kier alpha value is -4.90. The molecule has 8 fully saturated rings. The van der Waals surface area contributed by atoms with Gasteiger partial charge in [-0.2, -0.15) is 13.2 Å². The van der Waals surface area contributed by atoms with Crippen LogP contribution in [0.3, 0.4) is 0 Å². The van der Waals surface area contributed by atoms with Crippen molar-refractivity contribution >= 4 is 57.8 Å². The number of rotatable bonds is 45. The zero-order chi connectivity index (χ0) is 94.1. The van der Waals surface area contributed by atoms with Gasteiger partial charge in [-0.3, -0.25) is 24.5 Å². The summed E-state index contributed by atoms with van der Waals surface area (Å²) in [6.07, 6.45) is 39.2. The normalized spacial score (nSPS) is 28.1. The van der Waals surface area contributed by atoms with E-state index in [-0.39, 0.29) is 108 Å². The summed E-state index contributed by atoms with van der Waals surface area (Å²) in [4.78, 5) is 79.3. The van der Waals surface area contributed by atoms with Gasteiger partial charge in [0.05, 0.1) is 72.2 Å². The number of carboxylic acid groups (broad SMARTS) is 1. The number of carbonyl (C=O) groups excluding carboxylic acids is 6. The Balaban J connectivity index is 0.000000422. The smallest absolute Gasteiger partial charge is 0.475 e. The third-order valence-electron chi connectivity index (χ3n) is 25.4. The van der Waals surface area contributed by atoms with Crippen LogP contribution in [0, 0.1) is 47.3 Å². The molecule has 126 heavy (non-hydrogen) atoms. The first-order valence-electron chi connectivity index (χ1n) is 47.3. The van der Waals surface area contributed by atoms with Gasteiger partial charge >= 0.3 is 42.2 Å². The van der Waals surface area contributed by atoms with Crippen LogP contribution in [0.5, 0.6) is 0 Å². The lowest BCUT2D eigenvalue weighted by molar-refractivity contribution is -0.192. The molecule has 4 heterocycles. The maximum Gasteiger partial charge on any atom is 0.490 e. The van der Waals surface area contributed by atoms with Gasteiger partial charge in [-0.1, -0.05) is 131 Å². The van der Waals surface area contributed by atoms with Crippen molar-refractivity contribution < 1.29 is 125 Å². The zero-order valence-corrected chi connectivity index (χ0v) is 80.4. The number of esters is 3. The van der Waals surface area contributed by atoms with E-state index in [0.29, 0.717) is 102 Å². The number of alkyl halides is 4. The molecule has 31 heteroatoms. The van der Waals surface area contributed by atoms with Crippen molar-refractivity contribution in [1.29, 1.82) is 0 Å². The van der Waals surface area contributed by atoms with Crippen LogP contribution in [-0.2, 0) is 71.3 Å². The summed E-state index contributed by atoms with van der Waals surface area (Å²) >= 11 is 2.94. The highest BCUT2D eigenvalue weighted by atomic mass is 79.9. The number of unbranched alkanes of at least 4 members (excludes halogenated alkanes) is 11. The number of aliphatic carboxylic acids is 1. The van der Waals surface area contributed by atoms with Crippen LogP contribution < -0.4 is 21.7 Å². The van der Waals surface area contributed by atoms with E-state index in [1.807, 2.05) is 47.4 Å². The van der Waals surface area contributed by atoms with Gasteiger partial charge < -0.3 is 94.4 Å². The van der Waals surface area contributed by atoms with Gasteiger partial charge in [0, 0.05) is 88.4 Å². The second-order valence-corrected chi connectivity index (χ2v) is 37.3. The Morgan fingerprint density at radius 3 is 1.33 bits per heavy atom. The summed E-state index contributed by atoms with van der Waals surface area (Å²) in [6.45, 7) is 22.3. The van der Waals surface area contributed by atoms with Crippen molar-refractivity contribution in [3.05, 3.63) is 36.5 Å². The van der Waals surface area contributed by atoms with Crippen LogP contribution in [0.15, 0.2) is 36.5 Å². The van der Waals surface area contributed by atoms with E-state index in [9.17, 15) is 67.5 Å². The Labute approximate surface area is 759 Å². The highest BCUT2D eigenvalue weighted by Gasteiger charge is 2.53. The predicted molar refractivity (Wildman–Crippen MR) is 481 cm³/mol. The highest BCUT2D eigenvalue weighted by molar-refractivity contribution is 9.08. The third kappa shape index (κ3) is 44.5. The average Bonchev–Trinajstić information content (AvgIpc) is 1.63. The molecular weight excluding hydrogens is 1700 g/mol. The van der Waals surface area contributed by atoms with Crippen LogP contribution in [0.2, 0.25) is 0 Å². The van der Waals surface area contributed by atoms with Gasteiger partial charge in [-0.25, -0.2) is 14.4 Å². The number of halogens is 4. The molecule has 732 valence electrons. The van der Waals surface area contributed by atoms with Crippen molar-refractivity contribution in [1.82, 2.24) is 16.0 Å². The number of fused-ring (bicyclic) bond motifs is 2. The number of alkyl carbamates (subject to hydrolysis) is 2. The number of carboxylic acids is 1. The number of hydrogen-bond donors (Lipinski definition) is 10. The van der Waals surface area contributed by atoms with Crippen molar-refractivity contribution in [2.45, 2.75) is 422 Å². The van der Waals surface area contributed by atoms with E-state index in [1.54, 1.807) is 0 Å². The molecule has 11 N–H and O–H groups in total. The van der Waals surface area contributed by atoms with Crippen LogP contribution >= 0.6 is 15.9 Å². The summed E-state index contributed by atoms with van der Waals surface area (Å²) in [5.74, 6) is -0.648. The van der Waals surface area contributed by atoms with E-state index in [2.05, 4.69) is 110 Å². The summed E-state index contributed by atoms with van der Waals surface area (Å²) in [5, 5.41) is 69.2. The summed E-state index contributed by atoms with van der Waals surface area (Å²) in [6, 6.07) is -0.00242. The molecule has 27 nitrogen and oxygen atoms in total. The Bertz CT molecular complexity index is 3150. The maximum atomic E-state index is 12.6. The largest absolute Gasteiger partial charge is 0.490 e. The van der Waals surface area contributed by atoms with E-state index >= 15 is 0 Å². The molecule has 4 aliphatic heterocycles. The van der Waals surface area contributed by atoms with Crippen molar-refractivity contribution in [3.8, 4) is 0 Å². The first-order valence-corrected chi connectivity index (χ1v) is 48.8. The van der Waals surface area contributed by atoms with Crippen LogP contribution in [0.25, 0.3) is 0 Å². The molecule has 0 spiro atoms. The lowest BCUT2D eigenvalue weighted by Gasteiger charge is -2.41. The molecule has 0 aromatic heterocycles. The first kappa shape index (κ1) is 115. The van der Waals surface area contributed by atoms with Gasteiger partial charge in [-0.05, 0) is 242 Å². The average molecular weight is 1870 g/mol. The molecule has 8 rings (SSSR count). The molecule has 4 aliphatic carbocycles. The number of carbonyl (C=O) groups is 7. The predicted octanol–water partition coefficient (Wildman–Crippen LogP) is 17.5. The number of aliphatic hydroxyl groups excluding tert-OH is 4. The molecule has 0 aromatic rings. The SMILES string of the molecule is CBr.CCCCCC(=O)CC[C@H]1[C@H](N)CC(O)[C@@H]1C/C=C\CCCC(=O)OC.CCCCCC1(CC[C@H]2[C@H](NC(=O)OC(C)(C)C)CC(O)[C@@H]2C/C=C\CCCC(=O)OC)OCCO1.CCCCCC1(CC[C@H]2[C@H](NC(=O)OC(C)(C)C)CC3OC(O)C[C@@H]32)OCCO1.CCCCCC1(O)CC[C@H]2[C@@H](CC(O)[C@@H]2C/C=C\CCCC(=O)OC)N1.O=C(O)C(F)(F)F. The quantitative estimate of drug-likeness (QED) is 0.00890.